The van der Waals surface area contributed by atoms with E-state index >= 15 is 0 Å². The number of aliphatic hydroxyl groups is 1. The molecule has 0 radical (unpaired) electrons. The van der Waals surface area contributed by atoms with Gasteiger partial charge in [0.15, 0.2) is 0 Å². The van der Waals surface area contributed by atoms with Gasteiger partial charge in [0.05, 0.1) is 6.10 Å². The summed E-state index contributed by atoms with van der Waals surface area (Å²) in [5.74, 6) is 1.75. The Hall–Kier alpha value is -0.120. The van der Waals surface area contributed by atoms with Crippen molar-refractivity contribution in [3.63, 3.8) is 0 Å². The number of rotatable bonds is 4. The maximum absolute atomic E-state index is 9.57. The summed E-state index contributed by atoms with van der Waals surface area (Å²) >= 11 is 0. The minimum atomic E-state index is -0.0453. The summed E-state index contributed by atoms with van der Waals surface area (Å²) in [6.45, 7) is 5.74. The molecule has 1 heterocycles. The molecule has 106 valence electrons. The van der Waals surface area contributed by atoms with Crippen LogP contribution in [0.4, 0.5) is 0 Å². The van der Waals surface area contributed by atoms with Crippen molar-refractivity contribution in [1.29, 1.82) is 0 Å². The van der Waals surface area contributed by atoms with E-state index in [1.165, 1.54) is 32.2 Å². The van der Waals surface area contributed by atoms with Crippen molar-refractivity contribution < 1.29 is 5.11 Å². The van der Waals surface area contributed by atoms with Crippen LogP contribution in [0.25, 0.3) is 0 Å². The van der Waals surface area contributed by atoms with Crippen LogP contribution < -0.4 is 5.32 Å². The van der Waals surface area contributed by atoms with Crippen LogP contribution in [0.2, 0.25) is 0 Å². The third-order valence-electron chi connectivity index (χ3n) is 5.09. The van der Waals surface area contributed by atoms with Gasteiger partial charge in [-0.25, -0.2) is 0 Å². The number of piperidine rings is 1. The van der Waals surface area contributed by atoms with Crippen LogP contribution >= 0.6 is 0 Å². The van der Waals surface area contributed by atoms with E-state index in [1.54, 1.807) is 0 Å². The summed E-state index contributed by atoms with van der Waals surface area (Å²) in [5, 5.41) is 13.1. The van der Waals surface area contributed by atoms with Crippen molar-refractivity contribution in [1.82, 2.24) is 10.2 Å². The van der Waals surface area contributed by atoms with Gasteiger partial charge in [0.25, 0.3) is 0 Å². The Labute approximate surface area is 112 Å². The van der Waals surface area contributed by atoms with Gasteiger partial charge in [0.1, 0.15) is 0 Å². The molecule has 3 atom stereocenters. The predicted octanol–water partition coefficient (Wildman–Crippen LogP) is 1.86. The second-order valence-electron chi connectivity index (χ2n) is 6.27. The lowest BCUT2D eigenvalue weighted by molar-refractivity contribution is 0.0615. The Morgan fingerprint density at radius 1 is 1.17 bits per heavy atom. The second kappa shape index (κ2) is 6.88. The number of nitrogens with one attached hydrogen (secondary N) is 1. The smallest absolute Gasteiger partial charge is 0.0564 e. The highest BCUT2D eigenvalue weighted by atomic mass is 16.3. The Bertz CT molecular complexity index is 239. The van der Waals surface area contributed by atoms with Crippen LogP contribution in [0, 0.1) is 11.8 Å². The summed E-state index contributed by atoms with van der Waals surface area (Å²) in [6, 6.07) is 0.708. The van der Waals surface area contributed by atoms with Gasteiger partial charge >= 0.3 is 0 Å². The van der Waals surface area contributed by atoms with Gasteiger partial charge in [-0.05, 0) is 51.0 Å². The van der Waals surface area contributed by atoms with Crippen molar-refractivity contribution in [2.45, 2.75) is 57.6 Å². The topological polar surface area (TPSA) is 35.5 Å². The van der Waals surface area contributed by atoms with E-state index < -0.39 is 0 Å². The molecule has 3 unspecified atom stereocenters. The molecule has 2 N–H and O–H groups in total. The monoisotopic (exact) mass is 254 g/mol. The lowest BCUT2D eigenvalue weighted by Gasteiger charge is -2.40. The van der Waals surface area contributed by atoms with Crippen molar-refractivity contribution >= 4 is 0 Å². The fourth-order valence-corrected chi connectivity index (χ4v) is 3.75. The van der Waals surface area contributed by atoms with E-state index in [0.717, 1.165) is 37.8 Å². The first-order chi connectivity index (χ1) is 8.72. The number of hydrogen-bond donors (Lipinski definition) is 2. The zero-order chi connectivity index (χ0) is 13.0. The molecular formula is C15H30N2O. The number of aliphatic hydroxyl groups excluding tert-OH is 1. The van der Waals surface area contributed by atoms with E-state index in [4.69, 9.17) is 0 Å². The highest BCUT2D eigenvalue weighted by Gasteiger charge is 2.30. The van der Waals surface area contributed by atoms with Crippen molar-refractivity contribution in [3.05, 3.63) is 0 Å². The molecule has 2 fully saturated rings. The molecule has 18 heavy (non-hydrogen) atoms. The molecule has 0 aromatic rings. The van der Waals surface area contributed by atoms with Gasteiger partial charge in [-0.15, -0.1) is 0 Å². The van der Waals surface area contributed by atoms with Crippen LogP contribution in [-0.4, -0.2) is 48.8 Å². The van der Waals surface area contributed by atoms with Crippen LogP contribution in [0.5, 0.6) is 0 Å². The zero-order valence-corrected chi connectivity index (χ0v) is 12.1. The molecule has 1 saturated heterocycles. The highest BCUT2D eigenvalue weighted by molar-refractivity contribution is 4.86. The number of nitrogens with zero attached hydrogens (tertiary/aromatic N) is 1. The van der Waals surface area contributed by atoms with Gasteiger partial charge in [-0.1, -0.05) is 13.3 Å². The maximum atomic E-state index is 9.57. The average molecular weight is 254 g/mol. The van der Waals surface area contributed by atoms with E-state index in [2.05, 4.69) is 24.2 Å². The summed E-state index contributed by atoms with van der Waals surface area (Å²) in [5.41, 5.74) is 0. The molecule has 2 aliphatic rings. The van der Waals surface area contributed by atoms with E-state index in [0.29, 0.717) is 6.04 Å². The predicted molar refractivity (Wildman–Crippen MR) is 75.7 cm³/mol. The summed E-state index contributed by atoms with van der Waals surface area (Å²) < 4.78 is 0. The largest absolute Gasteiger partial charge is 0.393 e. The summed E-state index contributed by atoms with van der Waals surface area (Å²) in [6.07, 6.45) is 7.36. The summed E-state index contributed by atoms with van der Waals surface area (Å²) in [4.78, 5) is 2.57. The second-order valence-corrected chi connectivity index (χ2v) is 6.27. The quantitative estimate of drug-likeness (QED) is 0.804. The molecule has 1 saturated carbocycles. The molecule has 0 aromatic heterocycles. The third kappa shape index (κ3) is 3.69. The van der Waals surface area contributed by atoms with Crippen LogP contribution in [0.3, 0.4) is 0 Å². The van der Waals surface area contributed by atoms with Crippen LogP contribution in [0.15, 0.2) is 0 Å². The van der Waals surface area contributed by atoms with Crippen LogP contribution in [0.1, 0.15) is 45.4 Å². The molecule has 0 bridgehead atoms. The summed E-state index contributed by atoms with van der Waals surface area (Å²) in [7, 11) is 2.11. The number of hydrogen-bond acceptors (Lipinski definition) is 3. The standard InChI is InChI=1S/C15H30N2O/c1-3-12-4-5-15(16-2)13(10-12)11-17-8-6-14(18)7-9-17/h12-16,18H,3-11H2,1-2H3. The van der Waals surface area contributed by atoms with E-state index in [1.807, 2.05) is 0 Å². The molecule has 1 aliphatic heterocycles. The van der Waals surface area contributed by atoms with Gasteiger partial charge in [-0.3, -0.25) is 0 Å². The normalized spacial score (nSPS) is 35.8. The van der Waals surface area contributed by atoms with E-state index in [9.17, 15) is 5.11 Å². The molecule has 0 amide bonds. The first-order valence-electron chi connectivity index (χ1n) is 7.80. The third-order valence-corrected chi connectivity index (χ3v) is 5.09. The van der Waals surface area contributed by atoms with Crippen molar-refractivity contribution in [2.75, 3.05) is 26.7 Å². The van der Waals surface area contributed by atoms with Crippen LogP contribution in [-0.2, 0) is 0 Å². The SMILES string of the molecule is CCC1CCC(NC)C(CN2CCC(O)CC2)C1. The first-order valence-corrected chi connectivity index (χ1v) is 7.80. The maximum Gasteiger partial charge on any atom is 0.0564 e. The molecule has 0 aromatic carbocycles. The van der Waals surface area contributed by atoms with Crippen molar-refractivity contribution in [2.24, 2.45) is 11.8 Å². The minimum absolute atomic E-state index is 0.0453. The zero-order valence-electron chi connectivity index (χ0n) is 12.1. The fraction of sp³-hybridized carbons (Fsp3) is 1.00. The van der Waals surface area contributed by atoms with Crippen molar-refractivity contribution in [3.8, 4) is 0 Å². The molecular weight excluding hydrogens is 224 g/mol. The van der Waals surface area contributed by atoms with Gasteiger partial charge in [0.2, 0.25) is 0 Å². The molecule has 0 spiro atoms. The molecule has 3 heteroatoms. The Kier molecular flexibility index (Phi) is 5.46. The molecule has 3 nitrogen and oxygen atoms in total. The number of likely N-dealkylation sites (tertiary alicyclic amines) is 1. The lowest BCUT2D eigenvalue weighted by Crippen LogP contribution is -2.46. The van der Waals surface area contributed by atoms with Gasteiger partial charge in [-0.2, -0.15) is 0 Å². The Balaban J connectivity index is 1.84. The molecule has 1 aliphatic carbocycles. The van der Waals surface area contributed by atoms with Gasteiger partial charge in [0, 0.05) is 25.7 Å². The van der Waals surface area contributed by atoms with E-state index in [-0.39, 0.29) is 6.10 Å². The Morgan fingerprint density at radius 3 is 2.50 bits per heavy atom. The molecule has 2 rings (SSSR count). The first kappa shape index (κ1) is 14.3. The highest BCUT2D eigenvalue weighted by Crippen LogP contribution is 2.32. The minimum Gasteiger partial charge on any atom is -0.393 e. The average Bonchev–Trinajstić information content (AvgIpc) is 2.41. The Morgan fingerprint density at radius 2 is 1.89 bits per heavy atom. The lowest BCUT2D eigenvalue weighted by atomic mass is 9.76. The van der Waals surface area contributed by atoms with Gasteiger partial charge < -0.3 is 15.3 Å². The fourth-order valence-electron chi connectivity index (χ4n) is 3.75.